The number of carbonyl (C=O) groups is 1. The molecule has 1 aliphatic rings. The molecule has 1 N–H and O–H groups in total. The smallest absolute Gasteiger partial charge is 0.326 e. The van der Waals surface area contributed by atoms with Gasteiger partial charge in [-0.1, -0.05) is 27.7 Å². The summed E-state index contributed by atoms with van der Waals surface area (Å²) in [6.45, 7) is 12.7. The van der Waals surface area contributed by atoms with Crippen molar-refractivity contribution in [1.29, 1.82) is 0 Å². The van der Waals surface area contributed by atoms with E-state index >= 15 is 0 Å². The molecule has 0 saturated heterocycles. The minimum absolute atomic E-state index is 0.0866. The zero-order valence-electron chi connectivity index (χ0n) is 13.9. The Labute approximate surface area is 124 Å². The first-order valence-corrected chi connectivity index (χ1v) is 8.05. The lowest BCUT2D eigenvalue weighted by Gasteiger charge is -2.43. The highest BCUT2D eigenvalue weighted by Gasteiger charge is 2.46. The predicted octanol–water partition coefficient (Wildman–Crippen LogP) is 2.29. The summed E-state index contributed by atoms with van der Waals surface area (Å²) in [6.07, 6.45) is 3.07. The van der Waals surface area contributed by atoms with Gasteiger partial charge in [0, 0.05) is 13.1 Å². The van der Waals surface area contributed by atoms with Gasteiger partial charge in [0.25, 0.3) is 0 Å². The number of esters is 1. The Morgan fingerprint density at radius 2 is 2.00 bits per heavy atom. The summed E-state index contributed by atoms with van der Waals surface area (Å²) in [5.74, 6) is 0.944. The number of methoxy groups -OCH3 is 1. The largest absolute Gasteiger partial charge is 0.468 e. The quantitative estimate of drug-likeness (QED) is 0.728. The maximum absolute atomic E-state index is 12.3. The molecule has 0 heterocycles. The lowest BCUT2D eigenvalue weighted by Crippen LogP contribution is -2.60. The van der Waals surface area contributed by atoms with E-state index in [0.717, 1.165) is 45.4 Å². The lowest BCUT2D eigenvalue weighted by atomic mass is 9.70. The van der Waals surface area contributed by atoms with Crippen LogP contribution in [-0.4, -0.2) is 49.7 Å². The van der Waals surface area contributed by atoms with Crippen LogP contribution in [-0.2, 0) is 9.53 Å². The van der Waals surface area contributed by atoms with E-state index in [9.17, 15) is 4.79 Å². The van der Waals surface area contributed by atoms with Crippen LogP contribution in [0.3, 0.4) is 0 Å². The molecule has 0 aromatic rings. The summed E-state index contributed by atoms with van der Waals surface area (Å²) >= 11 is 0. The zero-order chi connectivity index (χ0) is 15.2. The maximum atomic E-state index is 12.3. The fourth-order valence-electron chi connectivity index (χ4n) is 3.44. The lowest BCUT2D eigenvalue weighted by molar-refractivity contribution is -0.153. The Bertz CT molecular complexity index is 305. The first kappa shape index (κ1) is 17.4. The van der Waals surface area contributed by atoms with Crippen molar-refractivity contribution in [3.05, 3.63) is 0 Å². The molecule has 0 spiro atoms. The van der Waals surface area contributed by atoms with Crippen molar-refractivity contribution in [2.75, 3.05) is 33.3 Å². The Morgan fingerprint density at radius 3 is 2.50 bits per heavy atom. The van der Waals surface area contributed by atoms with Gasteiger partial charge in [-0.05, 0) is 44.2 Å². The van der Waals surface area contributed by atoms with Crippen molar-refractivity contribution < 1.29 is 9.53 Å². The molecule has 3 unspecified atom stereocenters. The molecule has 0 radical (unpaired) electrons. The number of hydrogen-bond donors (Lipinski definition) is 1. The SMILES string of the molecule is CCN(CC)CCNC1(C(=O)OC)CCC(C)CC1C. The maximum Gasteiger partial charge on any atom is 0.326 e. The van der Waals surface area contributed by atoms with E-state index in [-0.39, 0.29) is 5.97 Å². The standard InChI is InChI=1S/C16H32N2O2/c1-6-18(7-2)11-10-17-16(15(19)20-5)9-8-13(3)12-14(16)4/h13-14,17H,6-12H2,1-5H3. The van der Waals surface area contributed by atoms with E-state index < -0.39 is 5.54 Å². The third-order valence-electron chi connectivity index (χ3n) is 4.94. The first-order chi connectivity index (χ1) is 9.50. The van der Waals surface area contributed by atoms with Crippen molar-refractivity contribution in [3.8, 4) is 0 Å². The second-order valence-corrected chi connectivity index (χ2v) is 6.20. The van der Waals surface area contributed by atoms with Crippen LogP contribution in [0.15, 0.2) is 0 Å². The summed E-state index contributed by atoms with van der Waals surface area (Å²) in [7, 11) is 1.50. The molecule has 0 aromatic heterocycles. The molecule has 0 amide bonds. The Hall–Kier alpha value is -0.610. The number of hydrogen-bond acceptors (Lipinski definition) is 4. The number of nitrogens with one attached hydrogen (secondary N) is 1. The third-order valence-corrected chi connectivity index (χ3v) is 4.94. The minimum Gasteiger partial charge on any atom is -0.468 e. The highest BCUT2D eigenvalue weighted by Crippen LogP contribution is 2.37. The van der Waals surface area contributed by atoms with Gasteiger partial charge in [0.05, 0.1) is 7.11 Å². The van der Waals surface area contributed by atoms with Gasteiger partial charge in [-0.2, -0.15) is 0 Å². The number of nitrogens with zero attached hydrogens (tertiary/aromatic N) is 1. The molecule has 1 aliphatic carbocycles. The molecule has 4 nitrogen and oxygen atoms in total. The van der Waals surface area contributed by atoms with Crippen molar-refractivity contribution in [3.63, 3.8) is 0 Å². The molecule has 1 saturated carbocycles. The average molecular weight is 284 g/mol. The fourth-order valence-corrected chi connectivity index (χ4v) is 3.44. The fraction of sp³-hybridized carbons (Fsp3) is 0.938. The summed E-state index contributed by atoms with van der Waals surface area (Å²) in [6, 6.07) is 0. The van der Waals surface area contributed by atoms with Crippen LogP contribution in [0, 0.1) is 11.8 Å². The van der Waals surface area contributed by atoms with Crippen LogP contribution in [0.5, 0.6) is 0 Å². The van der Waals surface area contributed by atoms with Gasteiger partial charge in [0.1, 0.15) is 5.54 Å². The van der Waals surface area contributed by atoms with E-state index in [4.69, 9.17) is 4.74 Å². The molecule has 0 bridgehead atoms. The summed E-state index contributed by atoms with van der Waals surface area (Å²) in [4.78, 5) is 14.7. The van der Waals surface area contributed by atoms with Gasteiger partial charge in [0.2, 0.25) is 0 Å². The molecule has 0 aromatic carbocycles. The molecule has 1 rings (SSSR count). The van der Waals surface area contributed by atoms with E-state index in [1.807, 2.05) is 0 Å². The number of carbonyl (C=O) groups excluding carboxylic acids is 1. The number of rotatable bonds is 7. The Morgan fingerprint density at radius 1 is 1.35 bits per heavy atom. The first-order valence-electron chi connectivity index (χ1n) is 8.05. The molecular formula is C16H32N2O2. The van der Waals surface area contributed by atoms with Crippen LogP contribution in [0.2, 0.25) is 0 Å². The molecule has 20 heavy (non-hydrogen) atoms. The molecular weight excluding hydrogens is 252 g/mol. The van der Waals surface area contributed by atoms with Crippen molar-refractivity contribution >= 4 is 5.97 Å². The second-order valence-electron chi connectivity index (χ2n) is 6.20. The topological polar surface area (TPSA) is 41.6 Å². The van der Waals surface area contributed by atoms with Gasteiger partial charge < -0.3 is 15.0 Å². The van der Waals surface area contributed by atoms with Gasteiger partial charge in [-0.15, -0.1) is 0 Å². The van der Waals surface area contributed by atoms with Crippen molar-refractivity contribution in [1.82, 2.24) is 10.2 Å². The van der Waals surface area contributed by atoms with Crippen LogP contribution in [0.1, 0.15) is 47.0 Å². The highest BCUT2D eigenvalue weighted by molar-refractivity contribution is 5.81. The Kier molecular flexibility index (Phi) is 6.96. The highest BCUT2D eigenvalue weighted by atomic mass is 16.5. The summed E-state index contributed by atoms with van der Waals surface area (Å²) in [5, 5.41) is 3.54. The minimum atomic E-state index is -0.478. The number of ether oxygens (including phenoxy) is 1. The monoisotopic (exact) mass is 284 g/mol. The predicted molar refractivity (Wildman–Crippen MR) is 82.7 cm³/mol. The molecule has 0 aliphatic heterocycles. The molecule has 4 heteroatoms. The van der Waals surface area contributed by atoms with Crippen LogP contribution >= 0.6 is 0 Å². The third kappa shape index (κ3) is 3.95. The zero-order valence-corrected chi connectivity index (χ0v) is 13.9. The molecule has 118 valence electrons. The van der Waals surface area contributed by atoms with E-state index in [0.29, 0.717) is 11.8 Å². The van der Waals surface area contributed by atoms with Crippen LogP contribution < -0.4 is 5.32 Å². The molecule has 3 atom stereocenters. The van der Waals surface area contributed by atoms with E-state index in [1.165, 1.54) is 7.11 Å². The van der Waals surface area contributed by atoms with E-state index in [2.05, 4.69) is 37.9 Å². The van der Waals surface area contributed by atoms with Crippen molar-refractivity contribution in [2.24, 2.45) is 11.8 Å². The summed E-state index contributed by atoms with van der Waals surface area (Å²) in [5.41, 5.74) is -0.478. The summed E-state index contributed by atoms with van der Waals surface area (Å²) < 4.78 is 5.09. The number of likely N-dealkylation sites (N-methyl/N-ethyl adjacent to an activating group) is 1. The van der Waals surface area contributed by atoms with Crippen LogP contribution in [0.25, 0.3) is 0 Å². The van der Waals surface area contributed by atoms with Gasteiger partial charge in [-0.25, -0.2) is 0 Å². The Balaban J connectivity index is 2.67. The molecule has 1 fully saturated rings. The second kappa shape index (κ2) is 7.99. The van der Waals surface area contributed by atoms with Gasteiger partial charge >= 0.3 is 5.97 Å². The van der Waals surface area contributed by atoms with Crippen molar-refractivity contribution in [2.45, 2.75) is 52.5 Å². The average Bonchev–Trinajstić information content (AvgIpc) is 2.45. The normalized spacial score (nSPS) is 30.5. The van der Waals surface area contributed by atoms with Gasteiger partial charge in [-0.3, -0.25) is 4.79 Å². The van der Waals surface area contributed by atoms with E-state index in [1.54, 1.807) is 0 Å². The van der Waals surface area contributed by atoms with Gasteiger partial charge in [0.15, 0.2) is 0 Å². The van der Waals surface area contributed by atoms with Crippen LogP contribution in [0.4, 0.5) is 0 Å².